The fourth-order valence-electron chi connectivity index (χ4n) is 2.27. The first-order chi connectivity index (χ1) is 11.7. The number of aromatic nitrogens is 2. The van der Waals surface area contributed by atoms with Crippen LogP contribution in [0.25, 0.3) is 0 Å². The van der Waals surface area contributed by atoms with Gasteiger partial charge in [-0.25, -0.2) is 4.79 Å². The fourth-order valence-corrected chi connectivity index (χ4v) is 2.27. The van der Waals surface area contributed by atoms with Crippen LogP contribution in [0, 0.1) is 0 Å². The highest BCUT2D eigenvalue weighted by Crippen LogP contribution is 2.28. The fraction of sp³-hybridized carbons (Fsp3) is 0.538. The number of nitrogens with two attached hydrogens (primary N) is 1. The molecule has 25 heavy (non-hydrogen) atoms. The van der Waals surface area contributed by atoms with Crippen LogP contribution in [0.4, 0.5) is 5.82 Å². The minimum atomic E-state index is -1.45. The molecule has 12 nitrogen and oxygen atoms in total. The molecule has 2 unspecified atom stereocenters. The summed E-state index contributed by atoms with van der Waals surface area (Å²) >= 11 is 0. The highest BCUT2D eigenvalue weighted by atomic mass is 16.6. The number of nitrogens with one attached hydrogen (secondary N) is 1. The summed E-state index contributed by atoms with van der Waals surface area (Å²) in [6, 6.07) is -0.167. The molecule has 0 bridgehead atoms. The number of ether oxygens (including phenoxy) is 1. The summed E-state index contributed by atoms with van der Waals surface area (Å²) < 4.78 is 6.10. The van der Waals surface area contributed by atoms with Gasteiger partial charge in [-0.15, -0.1) is 0 Å². The number of rotatable bonds is 6. The van der Waals surface area contributed by atoms with Crippen LogP contribution in [0.3, 0.4) is 0 Å². The average Bonchev–Trinajstić information content (AvgIpc) is 2.82. The summed E-state index contributed by atoms with van der Waals surface area (Å²) in [7, 11) is 0. The third-order valence-electron chi connectivity index (χ3n) is 3.61. The van der Waals surface area contributed by atoms with Crippen LogP contribution in [0.15, 0.2) is 17.1 Å². The summed E-state index contributed by atoms with van der Waals surface area (Å²) in [6.07, 6.45) is -4.47. The van der Waals surface area contributed by atoms with Crippen molar-refractivity contribution >= 4 is 17.7 Å². The van der Waals surface area contributed by atoms with Crippen molar-refractivity contribution in [2.45, 2.75) is 37.0 Å². The van der Waals surface area contributed by atoms with Crippen LogP contribution in [0.2, 0.25) is 0 Å². The zero-order valence-corrected chi connectivity index (χ0v) is 12.8. The third-order valence-corrected chi connectivity index (χ3v) is 3.61. The average molecular weight is 358 g/mol. The van der Waals surface area contributed by atoms with Crippen LogP contribution < -0.4 is 16.7 Å². The van der Waals surface area contributed by atoms with Crippen molar-refractivity contribution in [3.63, 3.8) is 0 Å². The molecule has 0 aliphatic carbocycles. The zero-order chi connectivity index (χ0) is 18.7. The third kappa shape index (κ3) is 4.18. The van der Waals surface area contributed by atoms with Gasteiger partial charge in [0.2, 0.25) is 5.91 Å². The SMILES string of the molecule is N[C@H](CC(=O)Nc1ccn([C@@H]2O[C@H](CO)C(O)C2O)c(=O)n1)C(=O)O. The smallest absolute Gasteiger partial charge is 0.351 e. The van der Waals surface area contributed by atoms with Gasteiger partial charge < -0.3 is 36.2 Å². The molecular formula is C13H18N4O8. The van der Waals surface area contributed by atoms with Crippen LogP contribution in [-0.4, -0.2) is 72.8 Å². The molecule has 0 radical (unpaired) electrons. The van der Waals surface area contributed by atoms with Gasteiger partial charge in [0.05, 0.1) is 13.0 Å². The number of hydrogen-bond donors (Lipinski definition) is 6. The van der Waals surface area contributed by atoms with E-state index in [0.717, 1.165) is 4.57 Å². The summed E-state index contributed by atoms with van der Waals surface area (Å²) in [6.45, 7) is -0.547. The molecule has 1 fully saturated rings. The Hall–Kier alpha value is -2.38. The Morgan fingerprint density at radius 3 is 2.60 bits per heavy atom. The van der Waals surface area contributed by atoms with Crippen LogP contribution in [-0.2, 0) is 14.3 Å². The molecule has 2 rings (SSSR count). The molecule has 1 aromatic heterocycles. The monoisotopic (exact) mass is 358 g/mol. The van der Waals surface area contributed by atoms with Crippen molar-refractivity contribution in [3.8, 4) is 0 Å². The number of carboxylic acid groups (broad SMARTS) is 1. The minimum Gasteiger partial charge on any atom is -0.480 e. The van der Waals surface area contributed by atoms with Crippen molar-refractivity contribution in [2.24, 2.45) is 5.73 Å². The zero-order valence-electron chi connectivity index (χ0n) is 12.8. The van der Waals surface area contributed by atoms with Crippen molar-refractivity contribution < 1.29 is 34.8 Å². The lowest BCUT2D eigenvalue weighted by Gasteiger charge is -2.17. The van der Waals surface area contributed by atoms with Gasteiger partial charge in [0.1, 0.15) is 30.2 Å². The summed E-state index contributed by atoms with van der Waals surface area (Å²) in [5.74, 6) is -2.23. The number of anilines is 1. The van der Waals surface area contributed by atoms with E-state index >= 15 is 0 Å². The second kappa shape index (κ2) is 7.67. The highest BCUT2D eigenvalue weighted by molar-refractivity contribution is 5.93. The van der Waals surface area contributed by atoms with Gasteiger partial charge in [0.25, 0.3) is 0 Å². The molecule has 1 aliphatic heterocycles. The molecule has 1 aliphatic rings. The molecule has 1 aromatic rings. The number of aliphatic hydroxyl groups is 3. The predicted octanol–water partition coefficient (Wildman–Crippen LogP) is -3.40. The lowest BCUT2D eigenvalue weighted by Crippen LogP contribution is -2.36. The maximum Gasteiger partial charge on any atom is 0.351 e. The number of carboxylic acids is 1. The molecule has 5 atom stereocenters. The van der Waals surface area contributed by atoms with Crippen LogP contribution in [0.5, 0.6) is 0 Å². The van der Waals surface area contributed by atoms with E-state index in [1.54, 1.807) is 0 Å². The molecule has 0 spiro atoms. The summed E-state index contributed by atoms with van der Waals surface area (Å²) in [5.41, 5.74) is 4.33. The number of hydrogen-bond acceptors (Lipinski definition) is 9. The van der Waals surface area contributed by atoms with Crippen molar-refractivity contribution in [1.29, 1.82) is 0 Å². The van der Waals surface area contributed by atoms with E-state index in [9.17, 15) is 24.6 Å². The van der Waals surface area contributed by atoms with Gasteiger partial charge in [0.15, 0.2) is 6.23 Å². The number of nitrogens with zero attached hydrogens (tertiary/aromatic N) is 2. The Morgan fingerprint density at radius 2 is 2.08 bits per heavy atom. The van der Waals surface area contributed by atoms with Gasteiger partial charge in [-0.2, -0.15) is 4.98 Å². The van der Waals surface area contributed by atoms with E-state index in [1.807, 2.05) is 0 Å². The Bertz CT molecular complexity index is 708. The first-order valence-corrected chi connectivity index (χ1v) is 7.24. The second-order valence-electron chi connectivity index (χ2n) is 5.43. The number of carbonyl (C=O) groups excluding carboxylic acids is 1. The van der Waals surface area contributed by atoms with E-state index in [1.165, 1.54) is 12.3 Å². The summed E-state index contributed by atoms with van der Waals surface area (Å²) in [5, 5.41) is 39.5. The molecule has 138 valence electrons. The van der Waals surface area contributed by atoms with E-state index in [0.29, 0.717) is 0 Å². The quantitative estimate of drug-likeness (QED) is 0.298. The molecule has 0 saturated carbocycles. The standard InChI is InChI=1S/C13H18N4O8/c14-5(12(22)23)3-8(19)15-7-1-2-17(13(24)16-7)11-10(21)9(20)6(4-18)25-11/h1-2,5-6,9-11,18,20-21H,3-4,14H2,(H,22,23)(H,15,16,19,24)/t5-,6-,9?,10?,11-/m1/s1. The van der Waals surface area contributed by atoms with E-state index < -0.39 is 61.2 Å². The summed E-state index contributed by atoms with van der Waals surface area (Å²) in [4.78, 5) is 37.8. The largest absolute Gasteiger partial charge is 0.480 e. The highest BCUT2D eigenvalue weighted by Gasteiger charge is 2.43. The van der Waals surface area contributed by atoms with Gasteiger partial charge in [-0.05, 0) is 6.07 Å². The Morgan fingerprint density at radius 1 is 1.40 bits per heavy atom. The number of aliphatic carboxylic acids is 1. The first kappa shape index (κ1) is 19.0. The van der Waals surface area contributed by atoms with E-state index in [4.69, 9.17) is 20.7 Å². The lowest BCUT2D eigenvalue weighted by atomic mass is 10.1. The van der Waals surface area contributed by atoms with Gasteiger partial charge >= 0.3 is 11.7 Å². The molecule has 1 saturated heterocycles. The maximum atomic E-state index is 12.0. The Labute approximate surface area is 140 Å². The molecular weight excluding hydrogens is 340 g/mol. The van der Waals surface area contributed by atoms with Crippen molar-refractivity contribution in [3.05, 3.63) is 22.7 Å². The van der Waals surface area contributed by atoms with E-state index in [-0.39, 0.29) is 5.82 Å². The Kier molecular flexibility index (Phi) is 5.81. The molecule has 7 N–H and O–H groups in total. The van der Waals surface area contributed by atoms with Crippen molar-refractivity contribution in [2.75, 3.05) is 11.9 Å². The number of carbonyl (C=O) groups is 2. The minimum absolute atomic E-state index is 0.143. The second-order valence-corrected chi connectivity index (χ2v) is 5.43. The number of aliphatic hydroxyl groups excluding tert-OH is 3. The molecule has 12 heteroatoms. The lowest BCUT2D eigenvalue weighted by molar-refractivity contribution is -0.140. The van der Waals surface area contributed by atoms with Crippen LogP contribution in [0.1, 0.15) is 12.6 Å². The number of amides is 1. The van der Waals surface area contributed by atoms with Gasteiger partial charge in [-0.3, -0.25) is 14.2 Å². The van der Waals surface area contributed by atoms with E-state index in [2.05, 4.69) is 10.3 Å². The van der Waals surface area contributed by atoms with Gasteiger partial charge in [-0.1, -0.05) is 0 Å². The molecule has 1 amide bonds. The van der Waals surface area contributed by atoms with Crippen molar-refractivity contribution in [1.82, 2.24) is 9.55 Å². The first-order valence-electron chi connectivity index (χ1n) is 7.24. The topological polar surface area (TPSA) is 197 Å². The van der Waals surface area contributed by atoms with Crippen LogP contribution >= 0.6 is 0 Å². The van der Waals surface area contributed by atoms with Gasteiger partial charge in [0, 0.05) is 6.20 Å². The molecule has 0 aromatic carbocycles. The predicted molar refractivity (Wildman–Crippen MR) is 80.4 cm³/mol. The molecule has 2 heterocycles. The maximum absolute atomic E-state index is 12.0. The Balaban J connectivity index is 2.10. The normalized spacial score (nSPS) is 27.0.